The molecule has 1 N–H and O–H groups in total. The van der Waals surface area contributed by atoms with Crippen LogP contribution in [0.3, 0.4) is 0 Å². The number of ether oxygens (including phenoxy) is 1. The Morgan fingerprint density at radius 1 is 1.03 bits per heavy atom. The maximum atomic E-state index is 13.6. The van der Waals surface area contributed by atoms with E-state index in [2.05, 4.69) is 37.2 Å². The number of hydrogen-bond donors (Lipinski definition) is 1. The largest absolute Gasteiger partial charge is 0.378 e. The minimum absolute atomic E-state index is 0.00642. The van der Waals surface area contributed by atoms with Crippen molar-refractivity contribution in [1.29, 1.82) is 5.26 Å². The Hall–Kier alpha value is -3.54. The van der Waals surface area contributed by atoms with Gasteiger partial charge in [-0.05, 0) is 48.5 Å². The van der Waals surface area contributed by atoms with Gasteiger partial charge in [0.05, 0.1) is 30.5 Å². The predicted octanol–water partition coefficient (Wildman–Crippen LogP) is 3.42. The van der Waals surface area contributed by atoms with Crippen LogP contribution >= 0.6 is 0 Å². The van der Waals surface area contributed by atoms with Crippen LogP contribution in [0, 0.1) is 17.1 Å². The fourth-order valence-corrected chi connectivity index (χ4v) is 4.01. The number of nitrogens with one attached hydrogen (secondary N) is 1. The molecule has 0 bridgehead atoms. The summed E-state index contributed by atoms with van der Waals surface area (Å²) in [5, 5.41) is 12.3. The van der Waals surface area contributed by atoms with E-state index in [1.165, 1.54) is 17.8 Å². The van der Waals surface area contributed by atoms with Gasteiger partial charge in [0.25, 0.3) is 0 Å². The van der Waals surface area contributed by atoms with Gasteiger partial charge in [0.2, 0.25) is 5.95 Å². The molecule has 0 unspecified atom stereocenters. The molecular weight excluding hydrogens is 407 g/mol. The first-order valence-electron chi connectivity index (χ1n) is 10.7. The van der Waals surface area contributed by atoms with Gasteiger partial charge in [-0.1, -0.05) is 0 Å². The summed E-state index contributed by atoms with van der Waals surface area (Å²) in [5.74, 6) is -0.100. The monoisotopic (exact) mass is 430 g/mol. The fraction of sp³-hybridized carbons (Fsp3) is 0.292. The van der Waals surface area contributed by atoms with E-state index in [1.807, 2.05) is 18.2 Å². The smallest absolute Gasteiger partial charge is 0.227 e. The molecule has 0 amide bonds. The van der Waals surface area contributed by atoms with E-state index in [9.17, 15) is 4.39 Å². The van der Waals surface area contributed by atoms with Crippen molar-refractivity contribution in [3.63, 3.8) is 0 Å². The van der Waals surface area contributed by atoms with Crippen LogP contribution in [0.1, 0.15) is 5.56 Å². The molecule has 2 aliphatic heterocycles. The van der Waals surface area contributed by atoms with Gasteiger partial charge in [-0.15, -0.1) is 0 Å². The van der Waals surface area contributed by atoms with Crippen molar-refractivity contribution in [3.05, 3.63) is 66.1 Å². The molecule has 7 nitrogen and oxygen atoms in total. The first-order chi connectivity index (χ1) is 15.7. The van der Waals surface area contributed by atoms with E-state index in [-0.39, 0.29) is 5.56 Å². The highest BCUT2D eigenvalue weighted by molar-refractivity contribution is 5.64. The van der Waals surface area contributed by atoms with Crippen molar-refractivity contribution in [2.24, 2.45) is 0 Å². The van der Waals surface area contributed by atoms with Crippen molar-refractivity contribution in [2.75, 3.05) is 49.6 Å². The van der Waals surface area contributed by atoms with E-state index in [0.717, 1.165) is 45.1 Å². The highest BCUT2D eigenvalue weighted by Gasteiger charge is 2.28. The Morgan fingerprint density at radius 3 is 2.50 bits per heavy atom. The Morgan fingerprint density at radius 2 is 1.81 bits per heavy atom. The number of nitriles is 1. The molecule has 0 radical (unpaired) electrons. The van der Waals surface area contributed by atoms with Crippen LogP contribution in [0.15, 0.2) is 54.7 Å². The first kappa shape index (κ1) is 20.4. The number of hydrogen-bond acceptors (Lipinski definition) is 7. The molecule has 1 aromatic heterocycles. The summed E-state index contributed by atoms with van der Waals surface area (Å²) in [7, 11) is 0. The van der Waals surface area contributed by atoms with E-state index in [0.29, 0.717) is 23.2 Å². The van der Waals surface area contributed by atoms with Gasteiger partial charge in [-0.3, -0.25) is 4.90 Å². The van der Waals surface area contributed by atoms with Gasteiger partial charge in [-0.2, -0.15) is 5.26 Å². The van der Waals surface area contributed by atoms with E-state index in [4.69, 9.17) is 10.00 Å². The second-order valence-corrected chi connectivity index (χ2v) is 7.96. The van der Waals surface area contributed by atoms with Crippen LogP contribution in [0.5, 0.6) is 0 Å². The number of piperazine rings is 1. The molecule has 2 saturated heterocycles. The summed E-state index contributed by atoms with van der Waals surface area (Å²) in [4.78, 5) is 13.7. The molecule has 0 atom stereocenters. The third-order valence-corrected chi connectivity index (χ3v) is 5.98. The fourth-order valence-electron chi connectivity index (χ4n) is 4.01. The first-order valence-corrected chi connectivity index (χ1v) is 10.7. The molecule has 3 heterocycles. The van der Waals surface area contributed by atoms with Crippen molar-refractivity contribution in [2.45, 2.75) is 6.04 Å². The minimum Gasteiger partial charge on any atom is -0.378 e. The average molecular weight is 430 g/mol. The molecule has 32 heavy (non-hydrogen) atoms. The summed E-state index contributed by atoms with van der Waals surface area (Å²) in [6.45, 7) is 5.87. The van der Waals surface area contributed by atoms with Crippen LogP contribution in [0.4, 0.5) is 21.7 Å². The minimum atomic E-state index is -0.540. The lowest BCUT2D eigenvalue weighted by atomic mass is 10.1. The molecule has 2 aromatic carbocycles. The SMILES string of the molecule is N#Cc1cc(-c2ccnc(Nc3ccc(N4CCN(C5COC5)CC4)cc3)n2)ccc1F. The number of nitrogens with zero attached hydrogens (tertiary/aromatic N) is 5. The molecule has 0 spiro atoms. The normalized spacial score (nSPS) is 16.9. The number of rotatable bonds is 5. The Kier molecular flexibility index (Phi) is 5.67. The third-order valence-electron chi connectivity index (χ3n) is 5.98. The average Bonchev–Trinajstić information content (AvgIpc) is 2.80. The molecule has 162 valence electrons. The van der Waals surface area contributed by atoms with Gasteiger partial charge >= 0.3 is 0 Å². The highest BCUT2D eigenvalue weighted by Crippen LogP contribution is 2.24. The molecule has 8 heteroatoms. The maximum Gasteiger partial charge on any atom is 0.227 e. The van der Waals surface area contributed by atoms with Gasteiger partial charge in [0.15, 0.2) is 0 Å². The van der Waals surface area contributed by atoms with Crippen LogP contribution in [0.25, 0.3) is 11.3 Å². The number of halogens is 1. The Bertz CT molecular complexity index is 1130. The van der Waals surface area contributed by atoms with Gasteiger partial charge in [0, 0.05) is 49.3 Å². The number of anilines is 3. The topological polar surface area (TPSA) is 77.3 Å². The Labute approximate surface area is 186 Å². The second-order valence-electron chi connectivity index (χ2n) is 7.96. The molecule has 2 fully saturated rings. The summed E-state index contributed by atoms with van der Waals surface area (Å²) in [6, 6.07) is 16.8. The molecule has 0 saturated carbocycles. The standard InChI is InChI=1S/C24H23FN6O/c25-22-6-1-17(13-18(22)14-26)23-7-8-27-24(29-23)28-19-2-4-20(5-3-19)30-9-11-31(12-10-30)21-15-32-16-21/h1-8,13,21H,9-12,15-16H2,(H,27,28,29). The van der Waals surface area contributed by atoms with Crippen molar-refractivity contribution in [3.8, 4) is 17.3 Å². The zero-order valence-electron chi connectivity index (χ0n) is 17.5. The molecule has 0 aliphatic carbocycles. The summed E-state index contributed by atoms with van der Waals surface area (Å²) >= 11 is 0. The maximum absolute atomic E-state index is 13.6. The highest BCUT2D eigenvalue weighted by atomic mass is 19.1. The van der Waals surface area contributed by atoms with Crippen LogP contribution < -0.4 is 10.2 Å². The van der Waals surface area contributed by atoms with Gasteiger partial charge in [-0.25, -0.2) is 14.4 Å². The Balaban J connectivity index is 1.24. The van der Waals surface area contributed by atoms with Gasteiger partial charge < -0.3 is 15.0 Å². The number of benzene rings is 2. The third kappa shape index (κ3) is 4.26. The van der Waals surface area contributed by atoms with Crippen LogP contribution in [0.2, 0.25) is 0 Å². The molecular formula is C24H23FN6O. The molecule has 5 rings (SSSR count). The zero-order valence-corrected chi connectivity index (χ0v) is 17.5. The lowest BCUT2D eigenvalue weighted by Crippen LogP contribution is -2.56. The lowest BCUT2D eigenvalue weighted by molar-refractivity contribution is -0.0660. The van der Waals surface area contributed by atoms with E-state index >= 15 is 0 Å². The van der Waals surface area contributed by atoms with Gasteiger partial charge in [0.1, 0.15) is 11.9 Å². The van der Waals surface area contributed by atoms with E-state index in [1.54, 1.807) is 18.3 Å². The summed E-state index contributed by atoms with van der Waals surface area (Å²) in [5.41, 5.74) is 3.35. The van der Waals surface area contributed by atoms with E-state index < -0.39 is 5.82 Å². The lowest BCUT2D eigenvalue weighted by Gasteiger charge is -2.43. The second kappa shape index (κ2) is 8.91. The number of aromatic nitrogens is 2. The molecule has 3 aromatic rings. The summed E-state index contributed by atoms with van der Waals surface area (Å²) < 4.78 is 18.9. The zero-order chi connectivity index (χ0) is 21.9. The van der Waals surface area contributed by atoms with Crippen LogP contribution in [-0.4, -0.2) is 60.3 Å². The van der Waals surface area contributed by atoms with Crippen molar-refractivity contribution in [1.82, 2.24) is 14.9 Å². The summed E-state index contributed by atoms with van der Waals surface area (Å²) in [6.07, 6.45) is 1.64. The van der Waals surface area contributed by atoms with Crippen molar-refractivity contribution >= 4 is 17.3 Å². The van der Waals surface area contributed by atoms with Crippen LogP contribution in [-0.2, 0) is 4.74 Å². The molecule has 2 aliphatic rings. The predicted molar refractivity (Wildman–Crippen MR) is 120 cm³/mol. The van der Waals surface area contributed by atoms with Crippen molar-refractivity contribution < 1.29 is 9.13 Å². The quantitative estimate of drug-likeness (QED) is 0.665.